The maximum absolute atomic E-state index is 13.4. The number of alkyl halides is 1. The summed E-state index contributed by atoms with van der Waals surface area (Å²) in [5.74, 6) is -0.0600. The quantitative estimate of drug-likeness (QED) is 0.785. The molecule has 1 amide bonds. The molecule has 3 nitrogen and oxygen atoms in total. The molecule has 98 valence electrons. The van der Waals surface area contributed by atoms with Crippen LogP contribution < -0.4 is 0 Å². The molecule has 0 saturated carbocycles. The number of carbonyl (C=O) groups is 1. The van der Waals surface area contributed by atoms with Gasteiger partial charge in [-0.25, -0.2) is 4.39 Å². The smallest absolute Gasteiger partial charge is 0.227 e. The molecule has 2 rings (SSSR count). The van der Waals surface area contributed by atoms with E-state index in [4.69, 9.17) is 16.3 Å². The molecule has 1 aliphatic heterocycles. The van der Waals surface area contributed by atoms with Crippen LogP contribution in [0.3, 0.4) is 0 Å². The van der Waals surface area contributed by atoms with E-state index in [1.54, 1.807) is 23.1 Å². The van der Waals surface area contributed by atoms with Gasteiger partial charge in [0, 0.05) is 13.1 Å². The highest BCUT2D eigenvalue weighted by atomic mass is 35.5. The van der Waals surface area contributed by atoms with Crippen molar-refractivity contribution < 1.29 is 13.9 Å². The van der Waals surface area contributed by atoms with E-state index in [0.29, 0.717) is 31.1 Å². The molecule has 1 atom stereocenters. The summed E-state index contributed by atoms with van der Waals surface area (Å²) in [7, 11) is 0. The summed E-state index contributed by atoms with van der Waals surface area (Å²) in [6.45, 7) is 1.51. The van der Waals surface area contributed by atoms with Gasteiger partial charge >= 0.3 is 0 Å². The van der Waals surface area contributed by atoms with Crippen molar-refractivity contribution in [1.29, 1.82) is 0 Å². The number of morpholine rings is 1. The standard InChI is InChI=1S/C13H15ClFNO2/c14-8-11-9-16(5-6-18-11)13(17)7-10-3-1-2-4-12(10)15/h1-4,11H,5-9H2. The Morgan fingerprint density at radius 2 is 2.28 bits per heavy atom. The highest BCUT2D eigenvalue weighted by Gasteiger charge is 2.24. The molecule has 0 aliphatic carbocycles. The summed E-state index contributed by atoms with van der Waals surface area (Å²) >= 11 is 5.71. The third-order valence-electron chi connectivity index (χ3n) is 2.96. The zero-order valence-electron chi connectivity index (χ0n) is 9.94. The van der Waals surface area contributed by atoms with E-state index in [9.17, 15) is 9.18 Å². The van der Waals surface area contributed by atoms with Crippen molar-refractivity contribution in [1.82, 2.24) is 4.90 Å². The fourth-order valence-corrected chi connectivity index (χ4v) is 2.14. The molecule has 1 unspecified atom stereocenters. The number of nitrogens with zero attached hydrogens (tertiary/aromatic N) is 1. The summed E-state index contributed by atoms with van der Waals surface area (Å²) in [5.41, 5.74) is 0.427. The molecule has 0 aromatic heterocycles. The number of carbonyl (C=O) groups excluding carboxylic acids is 1. The van der Waals surface area contributed by atoms with Crippen LogP contribution in [-0.4, -0.2) is 42.5 Å². The Morgan fingerprint density at radius 3 is 3.00 bits per heavy atom. The first-order valence-corrected chi connectivity index (χ1v) is 6.43. The van der Waals surface area contributed by atoms with Crippen LogP contribution in [0.5, 0.6) is 0 Å². The van der Waals surface area contributed by atoms with Crippen molar-refractivity contribution in [3.05, 3.63) is 35.6 Å². The Bertz CT molecular complexity index is 427. The first-order valence-electron chi connectivity index (χ1n) is 5.89. The molecule has 1 fully saturated rings. The fraction of sp³-hybridized carbons (Fsp3) is 0.462. The van der Waals surface area contributed by atoms with E-state index in [1.807, 2.05) is 0 Å². The number of rotatable bonds is 3. The first kappa shape index (κ1) is 13.3. The van der Waals surface area contributed by atoms with Gasteiger partial charge in [-0.15, -0.1) is 11.6 Å². The number of hydrogen-bond donors (Lipinski definition) is 0. The largest absolute Gasteiger partial charge is 0.373 e. The molecular weight excluding hydrogens is 257 g/mol. The highest BCUT2D eigenvalue weighted by molar-refractivity contribution is 6.18. The monoisotopic (exact) mass is 271 g/mol. The summed E-state index contributed by atoms with van der Waals surface area (Å²) in [4.78, 5) is 13.7. The van der Waals surface area contributed by atoms with Gasteiger partial charge in [0.15, 0.2) is 0 Å². The van der Waals surface area contributed by atoms with Gasteiger partial charge in [0.05, 0.1) is 25.0 Å². The fourth-order valence-electron chi connectivity index (χ4n) is 1.96. The van der Waals surface area contributed by atoms with Gasteiger partial charge in [-0.1, -0.05) is 18.2 Å². The van der Waals surface area contributed by atoms with E-state index in [1.165, 1.54) is 6.07 Å². The zero-order chi connectivity index (χ0) is 13.0. The minimum atomic E-state index is -0.340. The molecule has 1 aromatic carbocycles. The van der Waals surface area contributed by atoms with Gasteiger partial charge < -0.3 is 9.64 Å². The van der Waals surface area contributed by atoms with Crippen LogP contribution in [0, 0.1) is 5.82 Å². The van der Waals surface area contributed by atoms with Crippen LogP contribution >= 0.6 is 11.6 Å². The van der Waals surface area contributed by atoms with E-state index in [-0.39, 0.29) is 24.2 Å². The second kappa shape index (κ2) is 6.16. The number of hydrogen-bond acceptors (Lipinski definition) is 2. The first-order chi connectivity index (χ1) is 8.70. The Balaban J connectivity index is 1.97. The summed E-state index contributed by atoms with van der Waals surface area (Å²) in [5, 5.41) is 0. The lowest BCUT2D eigenvalue weighted by atomic mass is 10.1. The van der Waals surface area contributed by atoms with Gasteiger partial charge in [-0.05, 0) is 11.6 Å². The number of halogens is 2. The Hall–Kier alpha value is -1.13. The molecular formula is C13H15ClFNO2. The van der Waals surface area contributed by atoms with Crippen LogP contribution in [0.2, 0.25) is 0 Å². The third kappa shape index (κ3) is 3.21. The van der Waals surface area contributed by atoms with Crippen molar-refractivity contribution in [3.8, 4) is 0 Å². The summed E-state index contributed by atoms with van der Waals surface area (Å²) in [6, 6.07) is 6.34. The Kier molecular flexibility index (Phi) is 4.55. The van der Waals surface area contributed by atoms with Crippen molar-refractivity contribution in [2.75, 3.05) is 25.6 Å². The molecule has 5 heteroatoms. The van der Waals surface area contributed by atoms with Gasteiger partial charge in [0.25, 0.3) is 0 Å². The topological polar surface area (TPSA) is 29.5 Å². The molecule has 0 spiro atoms. The van der Waals surface area contributed by atoms with Crippen LogP contribution in [0.25, 0.3) is 0 Å². The molecule has 0 bridgehead atoms. The maximum Gasteiger partial charge on any atom is 0.227 e. The van der Waals surface area contributed by atoms with Gasteiger partial charge in [0.2, 0.25) is 5.91 Å². The molecule has 0 N–H and O–H groups in total. The van der Waals surface area contributed by atoms with Crippen LogP contribution in [-0.2, 0) is 16.0 Å². The minimum absolute atomic E-state index is 0.0847. The second-order valence-electron chi connectivity index (χ2n) is 4.26. The van der Waals surface area contributed by atoms with Crippen LogP contribution in [0.1, 0.15) is 5.56 Å². The molecule has 1 aliphatic rings. The minimum Gasteiger partial charge on any atom is -0.373 e. The summed E-state index contributed by atoms with van der Waals surface area (Å²) in [6.07, 6.45) is -0.0354. The lowest BCUT2D eigenvalue weighted by Gasteiger charge is -2.32. The predicted octanol–water partition coefficient (Wildman–Crippen LogP) is 1.83. The SMILES string of the molecule is O=C(Cc1ccccc1F)N1CCOC(CCl)C1. The van der Waals surface area contributed by atoms with Gasteiger partial charge in [-0.2, -0.15) is 0 Å². The molecule has 18 heavy (non-hydrogen) atoms. The number of ether oxygens (including phenoxy) is 1. The van der Waals surface area contributed by atoms with Crippen LogP contribution in [0.15, 0.2) is 24.3 Å². The van der Waals surface area contributed by atoms with Crippen molar-refractivity contribution in [2.24, 2.45) is 0 Å². The average molecular weight is 272 g/mol. The number of amides is 1. The van der Waals surface area contributed by atoms with E-state index in [0.717, 1.165) is 0 Å². The molecule has 1 saturated heterocycles. The lowest BCUT2D eigenvalue weighted by molar-refractivity contribution is -0.137. The Morgan fingerprint density at radius 1 is 1.50 bits per heavy atom. The van der Waals surface area contributed by atoms with Crippen molar-refractivity contribution >= 4 is 17.5 Å². The zero-order valence-corrected chi connectivity index (χ0v) is 10.7. The molecule has 1 aromatic rings. The van der Waals surface area contributed by atoms with E-state index >= 15 is 0 Å². The normalized spacial score (nSPS) is 19.9. The molecule has 0 radical (unpaired) electrons. The maximum atomic E-state index is 13.4. The predicted molar refractivity (Wildman–Crippen MR) is 67.1 cm³/mol. The van der Waals surface area contributed by atoms with Gasteiger partial charge in [-0.3, -0.25) is 4.79 Å². The van der Waals surface area contributed by atoms with E-state index in [2.05, 4.69) is 0 Å². The number of benzene rings is 1. The average Bonchev–Trinajstić information content (AvgIpc) is 2.41. The molecule has 1 heterocycles. The third-order valence-corrected chi connectivity index (χ3v) is 3.31. The van der Waals surface area contributed by atoms with Gasteiger partial charge in [0.1, 0.15) is 5.82 Å². The van der Waals surface area contributed by atoms with Crippen molar-refractivity contribution in [3.63, 3.8) is 0 Å². The Labute approximate surface area is 110 Å². The summed E-state index contributed by atoms with van der Waals surface area (Å²) < 4.78 is 18.8. The lowest BCUT2D eigenvalue weighted by Crippen LogP contribution is -2.46. The van der Waals surface area contributed by atoms with E-state index < -0.39 is 0 Å². The van der Waals surface area contributed by atoms with Crippen molar-refractivity contribution in [2.45, 2.75) is 12.5 Å². The van der Waals surface area contributed by atoms with Crippen LogP contribution in [0.4, 0.5) is 4.39 Å². The second-order valence-corrected chi connectivity index (χ2v) is 4.56. The highest BCUT2D eigenvalue weighted by Crippen LogP contribution is 2.12.